The lowest BCUT2D eigenvalue weighted by molar-refractivity contribution is 0.669. The van der Waals surface area contributed by atoms with Crippen LogP contribution in [0.1, 0.15) is 17.5 Å². The van der Waals surface area contributed by atoms with E-state index in [4.69, 9.17) is 4.42 Å². The summed E-state index contributed by atoms with van der Waals surface area (Å²) in [6.07, 6.45) is 6.63. The molecule has 0 amide bonds. The van der Waals surface area contributed by atoms with E-state index >= 15 is 0 Å². The quantitative estimate of drug-likeness (QED) is 0.167. The van der Waals surface area contributed by atoms with Crippen molar-refractivity contribution in [3.8, 4) is 27.9 Å². The highest BCUT2D eigenvalue weighted by molar-refractivity contribution is 6.19. The van der Waals surface area contributed by atoms with Crippen molar-refractivity contribution in [1.29, 1.82) is 0 Å². The van der Waals surface area contributed by atoms with Crippen LogP contribution in [0, 0.1) is 0 Å². The minimum absolute atomic E-state index is 0.894. The van der Waals surface area contributed by atoms with Crippen molar-refractivity contribution in [1.82, 2.24) is 4.57 Å². The minimum Gasteiger partial charge on any atom is -0.456 e. The normalized spacial score (nSPS) is 12.6. The molecule has 0 atom stereocenters. The van der Waals surface area contributed by atoms with Gasteiger partial charge in [0.2, 0.25) is 0 Å². The Hall–Kier alpha value is -8.14. The summed E-state index contributed by atoms with van der Waals surface area (Å²) in [5.74, 6) is 0. The van der Waals surface area contributed by atoms with E-state index in [-0.39, 0.29) is 0 Å². The molecule has 2 aromatic heterocycles. The predicted octanol–water partition coefficient (Wildman–Crippen LogP) is 16.8. The Morgan fingerprint density at radius 3 is 2.02 bits per heavy atom. The summed E-state index contributed by atoms with van der Waals surface area (Å²) in [6, 6.07) is 75.4. The van der Waals surface area contributed by atoms with Crippen molar-refractivity contribution >= 4 is 88.4 Å². The summed E-state index contributed by atoms with van der Waals surface area (Å²) in [6.45, 7) is 0. The number of nitrogens with zero attached hydrogens (tertiary/aromatic N) is 2. The molecule has 63 heavy (non-hydrogen) atoms. The maximum absolute atomic E-state index is 6.44. The number of furan rings is 1. The van der Waals surface area contributed by atoms with Gasteiger partial charge in [0.1, 0.15) is 11.2 Å². The van der Waals surface area contributed by atoms with Crippen LogP contribution in [0.2, 0.25) is 0 Å². The number of rotatable bonds is 6. The zero-order valence-corrected chi connectivity index (χ0v) is 34.5. The van der Waals surface area contributed by atoms with Crippen molar-refractivity contribution in [2.24, 2.45) is 0 Å². The molecule has 1 aliphatic carbocycles. The van der Waals surface area contributed by atoms with Gasteiger partial charge in [-0.05, 0) is 123 Å². The molecule has 10 aromatic carbocycles. The Morgan fingerprint density at radius 2 is 1.13 bits per heavy atom. The van der Waals surface area contributed by atoms with Crippen molar-refractivity contribution in [2.75, 3.05) is 4.90 Å². The molecule has 0 radical (unpaired) electrons. The van der Waals surface area contributed by atoms with Gasteiger partial charge >= 0.3 is 0 Å². The van der Waals surface area contributed by atoms with Gasteiger partial charge in [-0.3, -0.25) is 0 Å². The molecule has 12 aromatic rings. The Bertz CT molecular complexity index is 3820. The van der Waals surface area contributed by atoms with Crippen molar-refractivity contribution in [3.05, 3.63) is 223 Å². The highest BCUT2D eigenvalue weighted by atomic mass is 16.3. The largest absolute Gasteiger partial charge is 0.456 e. The van der Waals surface area contributed by atoms with E-state index in [9.17, 15) is 0 Å². The summed E-state index contributed by atoms with van der Waals surface area (Å²) >= 11 is 0. The molecule has 0 spiro atoms. The first-order valence-electron chi connectivity index (χ1n) is 21.9. The first-order chi connectivity index (χ1) is 31.2. The van der Waals surface area contributed by atoms with E-state index < -0.39 is 0 Å². The van der Waals surface area contributed by atoms with E-state index in [2.05, 4.69) is 228 Å². The zero-order valence-electron chi connectivity index (χ0n) is 34.5. The molecule has 3 nitrogen and oxygen atoms in total. The van der Waals surface area contributed by atoms with Crippen LogP contribution in [0.4, 0.5) is 17.1 Å². The molecule has 2 heterocycles. The number of anilines is 3. The third kappa shape index (κ3) is 5.67. The molecule has 0 fully saturated rings. The average Bonchev–Trinajstić information content (AvgIpc) is 3.90. The Kier molecular flexibility index (Phi) is 8.04. The molecule has 13 rings (SSSR count). The number of benzene rings is 10. The second-order valence-corrected chi connectivity index (χ2v) is 16.7. The molecule has 1 aliphatic rings. The number of allylic oxidation sites excluding steroid dienone is 1. The van der Waals surface area contributed by atoms with Gasteiger partial charge in [0, 0.05) is 44.0 Å². The van der Waals surface area contributed by atoms with E-state index in [1.165, 1.54) is 88.1 Å². The van der Waals surface area contributed by atoms with E-state index in [0.29, 0.717) is 0 Å². The fourth-order valence-corrected chi connectivity index (χ4v) is 10.4. The fourth-order valence-electron chi connectivity index (χ4n) is 10.4. The Labute approximate surface area is 365 Å². The van der Waals surface area contributed by atoms with E-state index in [0.717, 1.165) is 46.2 Å². The zero-order chi connectivity index (χ0) is 41.4. The monoisotopic (exact) mass is 804 g/mol. The molecule has 0 saturated carbocycles. The van der Waals surface area contributed by atoms with Gasteiger partial charge < -0.3 is 13.9 Å². The summed E-state index contributed by atoms with van der Waals surface area (Å²) in [5.41, 5.74) is 16.2. The van der Waals surface area contributed by atoms with Crippen LogP contribution in [0.25, 0.3) is 99.3 Å². The van der Waals surface area contributed by atoms with Gasteiger partial charge in [-0.2, -0.15) is 0 Å². The molecule has 0 unspecified atom stereocenters. The van der Waals surface area contributed by atoms with Crippen LogP contribution < -0.4 is 4.90 Å². The standard InChI is InChI=1S/C60H40N2O/c1-4-23-48-39(14-1)17-12-28-54(48)61(55-29-13-18-40-15-2-5-24-49(40)55)44-20-11-19-42(36-44)46-21-7-8-22-47(46)43-30-33-52-51-26-9-10-27-56(51)62(57(52)37-43)45-32-35-58-53(38-45)60-50-25-6-3-16-41(50)31-34-59(60)63-58/h1-4,6-23,25-38H,5,24H2. The number of para-hydroxylation sites is 1. The molecule has 0 saturated heterocycles. The first-order valence-corrected chi connectivity index (χ1v) is 21.9. The topological polar surface area (TPSA) is 21.3 Å². The molecule has 296 valence electrons. The van der Waals surface area contributed by atoms with E-state index in [1.54, 1.807) is 0 Å². The number of hydrogen-bond acceptors (Lipinski definition) is 2. The minimum atomic E-state index is 0.894. The van der Waals surface area contributed by atoms with Gasteiger partial charge in [-0.1, -0.05) is 158 Å². The predicted molar refractivity (Wildman–Crippen MR) is 266 cm³/mol. The lowest BCUT2D eigenvalue weighted by atomic mass is 9.92. The van der Waals surface area contributed by atoms with Gasteiger partial charge in [0.05, 0.1) is 16.7 Å². The third-order valence-electron chi connectivity index (χ3n) is 13.2. The maximum atomic E-state index is 6.44. The summed E-state index contributed by atoms with van der Waals surface area (Å²) < 4.78 is 8.87. The first kappa shape index (κ1) is 35.6. The van der Waals surface area contributed by atoms with Gasteiger partial charge in [-0.15, -0.1) is 0 Å². The molecular weight excluding hydrogens is 765 g/mol. The van der Waals surface area contributed by atoms with Crippen molar-refractivity contribution < 1.29 is 4.42 Å². The van der Waals surface area contributed by atoms with Gasteiger partial charge in [0.25, 0.3) is 0 Å². The van der Waals surface area contributed by atoms with Crippen LogP contribution in [0.3, 0.4) is 0 Å². The lowest BCUT2D eigenvalue weighted by Crippen LogP contribution is -2.14. The second-order valence-electron chi connectivity index (χ2n) is 16.7. The average molecular weight is 805 g/mol. The van der Waals surface area contributed by atoms with E-state index in [1.807, 2.05) is 0 Å². The fraction of sp³-hybridized carbons (Fsp3) is 0.0333. The third-order valence-corrected chi connectivity index (χ3v) is 13.2. The molecular formula is C60H40N2O. The highest BCUT2D eigenvalue weighted by Gasteiger charge is 2.22. The van der Waals surface area contributed by atoms with Crippen LogP contribution in [0.5, 0.6) is 0 Å². The maximum Gasteiger partial charge on any atom is 0.136 e. The van der Waals surface area contributed by atoms with Crippen molar-refractivity contribution in [3.63, 3.8) is 0 Å². The SMILES string of the molecule is C1=Cc2cccc(N(c3cccc(-c4ccccc4-c4ccc5c6ccccc6n(-c6ccc7oc8ccc9ccccc9c8c7c6)c5c4)c3)c3cccc4ccccc34)c2CC1. The van der Waals surface area contributed by atoms with Gasteiger partial charge in [0.15, 0.2) is 0 Å². The summed E-state index contributed by atoms with van der Waals surface area (Å²) in [4.78, 5) is 2.49. The molecule has 0 N–H and O–H groups in total. The number of fused-ring (bicyclic) bond motifs is 10. The van der Waals surface area contributed by atoms with Gasteiger partial charge in [-0.25, -0.2) is 0 Å². The summed E-state index contributed by atoms with van der Waals surface area (Å²) in [5, 5.41) is 9.61. The number of hydrogen-bond donors (Lipinski definition) is 0. The Balaban J connectivity index is 0.982. The van der Waals surface area contributed by atoms with Crippen LogP contribution in [-0.2, 0) is 6.42 Å². The smallest absolute Gasteiger partial charge is 0.136 e. The molecule has 0 bridgehead atoms. The lowest BCUT2D eigenvalue weighted by Gasteiger charge is -2.30. The van der Waals surface area contributed by atoms with Crippen LogP contribution in [0.15, 0.2) is 217 Å². The second kappa shape index (κ2) is 14.2. The molecule has 3 heteroatoms. The highest BCUT2D eigenvalue weighted by Crippen LogP contribution is 2.45. The number of aromatic nitrogens is 1. The Morgan fingerprint density at radius 1 is 0.444 bits per heavy atom. The summed E-state index contributed by atoms with van der Waals surface area (Å²) in [7, 11) is 0. The molecule has 0 aliphatic heterocycles. The van der Waals surface area contributed by atoms with Crippen molar-refractivity contribution in [2.45, 2.75) is 12.8 Å². The van der Waals surface area contributed by atoms with Crippen LogP contribution in [-0.4, -0.2) is 4.57 Å². The van der Waals surface area contributed by atoms with Crippen LogP contribution >= 0.6 is 0 Å².